The minimum Gasteiger partial charge on any atom is -0.352 e. The number of amides is 1. The maximum Gasteiger partial charge on any atom is 0.224 e. The zero-order valence-corrected chi connectivity index (χ0v) is 11.6. The Morgan fingerprint density at radius 3 is 2.65 bits per heavy atom. The van der Waals surface area contributed by atoms with E-state index in [1.165, 1.54) is 11.7 Å². The molecule has 1 amide bonds. The molecule has 0 aliphatic carbocycles. The quantitative estimate of drug-likeness (QED) is 0.800. The van der Waals surface area contributed by atoms with Crippen LogP contribution in [0, 0.1) is 0 Å². The lowest BCUT2D eigenvalue weighted by Gasteiger charge is -2.05. The molecule has 20 heavy (non-hydrogen) atoms. The van der Waals surface area contributed by atoms with Crippen molar-refractivity contribution in [1.29, 1.82) is 0 Å². The minimum atomic E-state index is 0.0105. The van der Waals surface area contributed by atoms with Crippen LogP contribution in [0.2, 0.25) is 0 Å². The third kappa shape index (κ3) is 3.00. The number of nitrogens with one attached hydrogen (secondary N) is 1. The maximum absolute atomic E-state index is 11.9. The molecule has 0 bridgehead atoms. The summed E-state index contributed by atoms with van der Waals surface area (Å²) in [6, 6.07) is 15.6. The SMILES string of the molecule is O=C(Cc1ccc2nsnc2c1)NCc1ccccc1. The number of hydrogen-bond donors (Lipinski definition) is 1. The minimum absolute atomic E-state index is 0.0105. The van der Waals surface area contributed by atoms with Crippen molar-refractivity contribution in [2.75, 3.05) is 0 Å². The zero-order valence-electron chi connectivity index (χ0n) is 10.7. The van der Waals surface area contributed by atoms with Crippen LogP contribution in [0.1, 0.15) is 11.1 Å². The Kier molecular flexibility index (Phi) is 3.69. The van der Waals surface area contributed by atoms with Crippen LogP contribution in [-0.4, -0.2) is 14.7 Å². The van der Waals surface area contributed by atoms with E-state index in [-0.39, 0.29) is 5.91 Å². The molecule has 0 saturated carbocycles. The standard InChI is InChI=1S/C15H13N3OS/c19-15(16-10-11-4-2-1-3-5-11)9-12-6-7-13-14(8-12)18-20-17-13/h1-8H,9-10H2,(H,16,19). The Hall–Kier alpha value is -2.27. The number of aromatic nitrogens is 2. The fourth-order valence-corrected chi connectivity index (χ4v) is 2.50. The van der Waals surface area contributed by atoms with Gasteiger partial charge >= 0.3 is 0 Å². The molecule has 0 unspecified atom stereocenters. The molecular formula is C15H13N3OS. The highest BCUT2D eigenvalue weighted by atomic mass is 32.1. The number of carbonyl (C=O) groups is 1. The van der Waals surface area contributed by atoms with Gasteiger partial charge in [0, 0.05) is 6.54 Å². The number of carbonyl (C=O) groups excluding carboxylic acids is 1. The lowest BCUT2D eigenvalue weighted by atomic mass is 10.1. The molecule has 0 radical (unpaired) electrons. The molecule has 4 nitrogen and oxygen atoms in total. The van der Waals surface area contributed by atoms with E-state index in [2.05, 4.69) is 14.1 Å². The molecule has 1 N–H and O–H groups in total. The Bertz CT molecular complexity index is 724. The van der Waals surface area contributed by atoms with Crippen molar-refractivity contribution in [3.8, 4) is 0 Å². The van der Waals surface area contributed by atoms with Gasteiger partial charge in [-0.1, -0.05) is 36.4 Å². The molecule has 0 fully saturated rings. The summed E-state index contributed by atoms with van der Waals surface area (Å²) in [5, 5.41) is 2.92. The molecule has 0 spiro atoms. The summed E-state index contributed by atoms with van der Waals surface area (Å²) in [4.78, 5) is 11.9. The number of hydrogen-bond acceptors (Lipinski definition) is 4. The smallest absolute Gasteiger partial charge is 0.224 e. The van der Waals surface area contributed by atoms with E-state index in [4.69, 9.17) is 0 Å². The van der Waals surface area contributed by atoms with Gasteiger partial charge in [0.15, 0.2) is 0 Å². The van der Waals surface area contributed by atoms with Crippen LogP contribution in [0.15, 0.2) is 48.5 Å². The van der Waals surface area contributed by atoms with Crippen molar-refractivity contribution in [2.24, 2.45) is 0 Å². The Labute approximate surface area is 120 Å². The monoisotopic (exact) mass is 283 g/mol. The molecule has 100 valence electrons. The second-order valence-corrected chi connectivity index (χ2v) is 5.05. The first-order valence-corrected chi connectivity index (χ1v) is 7.06. The molecule has 5 heteroatoms. The van der Waals surface area contributed by atoms with Gasteiger partial charge in [-0.2, -0.15) is 8.75 Å². The van der Waals surface area contributed by atoms with Gasteiger partial charge in [0.05, 0.1) is 18.1 Å². The first-order chi connectivity index (χ1) is 9.81. The van der Waals surface area contributed by atoms with E-state index in [1.807, 2.05) is 48.5 Å². The van der Waals surface area contributed by atoms with Crippen LogP contribution in [0.4, 0.5) is 0 Å². The van der Waals surface area contributed by atoms with E-state index in [1.54, 1.807) is 0 Å². The summed E-state index contributed by atoms with van der Waals surface area (Å²) in [6.07, 6.45) is 0.361. The van der Waals surface area contributed by atoms with Gasteiger partial charge in [-0.25, -0.2) is 0 Å². The highest BCUT2D eigenvalue weighted by Gasteiger charge is 2.05. The Morgan fingerprint density at radius 1 is 1.00 bits per heavy atom. The highest BCUT2D eigenvalue weighted by molar-refractivity contribution is 7.00. The van der Waals surface area contributed by atoms with Gasteiger partial charge in [0.25, 0.3) is 0 Å². The predicted molar refractivity (Wildman–Crippen MR) is 79.4 cm³/mol. The van der Waals surface area contributed by atoms with Crippen LogP contribution in [-0.2, 0) is 17.8 Å². The lowest BCUT2D eigenvalue weighted by molar-refractivity contribution is -0.120. The topological polar surface area (TPSA) is 54.9 Å². The first kappa shape index (κ1) is 12.7. The average Bonchev–Trinajstić information content (AvgIpc) is 2.94. The fourth-order valence-electron chi connectivity index (χ4n) is 1.98. The molecule has 2 aromatic carbocycles. The maximum atomic E-state index is 11.9. The first-order valence-electron chi connectivity index (χ1n) is 6.33. The van der Waals surface area contributed by atoms with Crippen molar-refractivity contribution in [2.45, 2.75) is 13.0 Å². The summed E-state index contributed by atoms with van der Waals surface area (Å²) < 4.78 is 8.32. The predicted octanol–water partition coefficient (Wildman–Crippen LogP) is 2.55. The van der Waals surface area contributed by atoms with E-state index >= 15 is 0 Å². The van der Waals surface area contributed by atoms with Crippen molar-refractivity contribution < 1.29 is 4.79 Å². The van der Waals surface area contributed by atoms with Gasteiger partial charge < -0.3 is 5.32 Å². The lowest BCUT2D eigenvalue weighted by Crippen LogP contribution is -2.24. The molecule has 0 aliphatic rings. The van der Waals surface area contributed by atoms with Gasteiger partial charge in [0.2, 0.25) is 5.91 Å². The van der Waals surface area contributed by atoms with Crippen molar-refractivity contribution in [3.05, 3.63) is 59.7 Å². The molecule has 1 heterocycles. The summed E-state index contributed by atoms with van der Waals surface area (Å²) in [5.41, 5.74) is 3.78. The van der Waals surface area contributed by atoms with Crippen molar-refractivity contribution in [3.63, 3.8) is 0 Å². The molecule has 0 aliphatic heterocycles. The van der Waals surface area contributed by atoms with E-state index in [0.29, 0.717) is 13.0 Å². The van der Waals surface area contributed by atoms with Crippen LogP contribution >= 0.6 is 11.7 Å². The molecular weight excluding hydrogens is 270 g/mol. The molecule has 3 aromatic rings. The number of nitrogens with zero attached hydrogens (tertiary/aromatic N) is 2. The van der Waals surface area contributed by atoms with Crippen molar-refractivity contribution >= 4 is 28.7 Å². The summed E-state index contributed by atoms with van der Waals surface area (Å²) in [6.45, 7) is 0.556. The van der Waals surface area contributed by atoms with Gasteiger partial charge in [0.1, 0.15) is 11.0 Å². The Morgan fingerprint density at radius 2 is 1.80 bits per heavy atom. The van der Waals surface area contributed by atoms with Crippen LogP contribution in [0.3, 0.4) is 0 Å². The number of benzene rings is 2. The number of fused-ring (bicyclic) bond motifs is 1. The van der Waals surface area contributed by atoms with Crippen LogP contribution in [0.25, 0.3) is 11.0 Å². The molecule has 0 saturated heterocycles. The molecule has 1 aromatic heterocycles. The zero-order chi connectivity index (χ0) is 13.8. The van der Waals surface area contributed by atoms with Crippen LogP contribution in [0.5, 0.6) is 0 Å². The van der Waals surface area contributed by atoms with Crippen LogP contribution < -0.4 is 5.32 Å². The van der Waals surface area contributed by atoms with Gasteiger partial charge in [-0.15, -0.1) is 0 Å². The average molecular weight is 283 g/mol. The molecule has 0 atom stereocenters. The number of rotatable bonds is 4. The third-order valence-corrected chi connectivity index (χ3v) is 3.57. The Balaban J connectivity index is 1.61. The van der Waals surface area contributed by atoms with Gasteiger partial charge in [-0.3, -0.25) is 4.79 Å². The highest BCUT2D eigenvalue weighted by Crippen LogP contribution is 2.13. The third-order valence-electron chi connectivity index (χ3n) is 3.02. The van der Waals surface area contributed by atoms with Gasteiger partial charge in [-0.05, 0) is 23.3 Å². The van der Waals surface area contributed by atoms with E-state index < -0.39 is 0 Å². The summed E-state index contributed by atoms with van der Waals surface area (Å²) >= 11 is 1.19. The summed E-state index contributed by atoms with van der Waals surface area (Å²) in [5.74, 6) is 0.0105. The van der Waals surface area contributed by atoms with Crippen molar-refractivity contribution in [1.82, 2.24) is 14.1 Å². The normalized spacial score (nSPS) is 10.6. The second-order valence-electron chi connectivity index (χ2n) is 4.53. The van der Waals surface area contributed by atoms with E-state index in [9.17, 15) is 4.79 Å². The molecule has 3 rings (SSSR count). The largest absolute Gasteiger partial charge is 0.352 e. The van der Waals surface area contributed by atoms with E-state index in [0.717, 1.165) is 22.2 Å². The summed E-state index contributed by atoms with van der Waals surface area (Å²) in [7, 11) is 0. The second kappa shape index (κ2) is 5.79. The fraction of sp³-hybridized carbons (Fsp3) is 0.133.